The van der Waals surface area contributed by atoms with Gasteiger partial charge in [0.25, 0.3) is 0 Å². The van der Waals surface area contributed by atoms with Gasteiger partial charge in [-0.1, -0.05) is 11.6 Å². The molecule has 0 spiro atoms. The van der Waals surface area contributed by atoms with E-state index in [-0.39, 0.29) is 39.7 Å². The summed E-state index contributed by atoms with van der Waals surface area (Å²) in [7, 11) is 0. The standard InChI is InChI=1S/C23H17ClF2N6O/c1-23(2,33)22-30-9-14(10-31-22)19-17(26)6-18-21(32-19)20(15(24)11-28-18)29-8-13-5-12(7-27)3-4-16(13)25/h3-6,9-11,33H,8H2,1-2H3,(H,28,29). The van der Waals surface area contributed by atoms with Crippen molar-refractivity contribution in [1.29, 1.82) is 5.26 Å². The van der Waals surface area contributed by atoms with Crippen LogP contribution in [0.3, 0.4) is 0 Å². The minimum absolute atomic E-state index is 0.0119. The molecule has 0 amide bonds. The average molecular weight is 467 g/mol. The summed E-state index contributed by atoms with van der Waals surface area (Å²) in [4.78, 5) is 16.7. The third-order valence-corrected chi connectivity index (χ3v) is 5.14. The van der Waals surface area contributed by atoms with Gasteiger partial charge in [-0.25, -0.2) is 23.7 Å². The fourth-order valence-corrected chi connectivity index (χ4v) is 3.37. The lowest BCUT2D eigenvalue weighted by Gasteiger charge is -2.15. The van der Waals surface area contributed by atoms with Gasteiger partial charge in [-0.3, -0.25) is 4.98 Å². The number of aliphatic hydroxyl groups is 1. The largest absolute Gasteiger partial charge is 0.382 e. The number of aromatic nitrogens is 4. The highest BCUT2D eigenvalue weighted by molar-refractivity contribution is 6.34. The summed E-state index contributed by atoms with van der Waals surface area (Å²) in [5, 5.41) is 22.3. The maximum absolute atomic E-state index is 14.8. The Labute approximate surface area is 192 Å². The Morgan fingerprint density at radius 2 is 1.82 bits per heavy atom. The Bertz CT molecular complexity index is 1400. The second-order valence-corrected chi connectivity index (χ2v) is 8.20. The predicted octanol–water partition coefficient (Wildman–Crippen LogP) is 4.73. The Kier molecular flexibility index (Phi) is 5.89. The van der Waals surface area contributed by atoms with E-state index in [1.54, 1.807) is 0 Å². The number of benzene rings is 1. The molecule has 0 saturated heterocycles. The van der Waals surface area contributed by atoms with Gasteiger partial charge in [0.2, 0.25) is 0 Å². The number of anilines is 1. The third-order valence-electron chi connectivity index (χ3n) is 4.85. The number of nitrogens with one attached hydrogen (secondary N) is 1. The lowest BCUT2D eigenvalue weighted by molar-refractivity contribution is 0.0687. The number of hydrogen-bond donors (Lipinski definition) is 2. The van der Waals surface area contributed by atoms with Crippen molar-refractivity contribution in [2.24, 2.45) is 0 Å². The van der Waals surface area contributed by atoms with Crippen molar-refractivity contribution in [3.8, 4) is 17.3 Å². The van der Waals surface area contributed by atoms with Gasteiger partial charge in [0.1, 0.15) is 22.6 Å². The number of hydrogen-bond acceptors (Lipinski definition) is 7. The van der Waals surface area contributed by atoms with Crippen molar-refractivity contribution in [2.75, 3.05) is 5.32 Å². The number of fused-ring (bicyclic) bond motifs is 1. The number of rotatable bonds is 5. The molecule has 0 aliphatic carbocycles. The minimum atomic E-state index is -1.25. The van der Waals surface area contributed by atoms with E-state index in [4.69, 9.17) is 16.9 Å². The third kappa shape index (κ3) is 4.58. The summed E-state index contributed by atoms with van der Waals surface area (Å²) >= 11 is 6.32. The molecule has 0 bridgehead atoms. The van der Waals surface area contributed by atoms with Crippen LogP contribution in [0.2, 0.25) is 5.02 Å². The molecule has 1 aromatic carbocycles. The van der Waals surface area contributed by atoms with Crippen molar-refractivity contribution < 1.29 is 13.9 Å². The highest BCUT2D eigenvalue weighted by atomic mass is 35.5. The monoisotopic (exact) mass is 466 g/mol. The Balaban J connectivity index is 1.75. The lowest BCUT2D eigenvalue weighted by Crippen LogP contribution is -2.19. The highest BCUT2D eigenvalue weighted by Crippen LogP contribution is 2.32. The second kappa shape index (κ2) is 8.65. The van der Waals surface area contributed by atoms with Crippen molar-refractivity contribution >= 4 is 28.3 Å². The van der Waals surface area contributed by atoms with Gasteiger partial charge < -0.3 is 10.4 Å². The molecule has 0 aliphatic heterocycles. The Morgan fingerprint density at radius 1 is 1.09 bits per heavy atom. The van der Waals surface area contributed by atoms with Gasteiger partial charge in [-0.15, -0.1) is 0 Å². The van der Waals surface area contributed by atoms with Gasteiger partial charge in [0.05, 0.1) is 27.9 Å². The van der Waals surface area contributed by atoms with Crippen LogP contribution in [-0.4, -0.2) is 25.0 Å². The van der Waals surface area contributed by atoms with Gasteiger partial charge in [-0.05, 0) is 32.0 Å². The summed E-state index contributed by atoms with van der Waals surface area (Å²) in [5.41, 5.74) is 0.421. The highest BCUT2D eigenvalue weighted by Gasteiger charge is 2.21. The van der Waals surface area contributed by atoms with Crippen LogP contribution in [0.25, 0.3) is 22.3 Å². The van der Waals surface area contributed by atoms with Gasteiger partial charge >= 0.3 is 0 Å². The molecule has 0 radical (unpaired) electrons. The van der Waals surface area contributed by atoms with Crippen LogP contribution in [0.4, 0.5) is 14.5 Å². The zero-order valence-corrected chi connectivity index (χ0v) is 18.3. The van der Waals surface area contributed by atoms with Crippen LogP contribution in [0, 0.1) is 23.0 Å². The lowest BCUT2D eigenvalue weighted by atomic mass is 10.1. The van der Waals surface area contributed by atoms with E-state index >= 15 is 0 Å². The molecule has 0 saturated carbocycles. The van der Waals surface area contributed by atoms with Crippen LogP contribution in [0.1, 0.15) is 30.8 Å². The number of halogens is 3. The molecule has 7 nitrogen and oxygen atoms in total. The van der Waals surface area contributed by atoms with Gasteiger partial charge in [0, 0.05) is 42.3 Å². The van der Waals surface area contributed by atoms with E-state index < -0.39 is 17.2 Å². The minimum Gasteiger partial charge on any atom is -0.382 e. The SMILES string of the molecule is CC(C)(O)c1ncc(-c2nc3c(NCc4cc(C#N)ccc4F)c(Cl)cnc3cc2F)cn1. The molecule has 2 N–H and O–H groups in total. The first-order chi connectivity index (χ1) is 15.7. The van der Waals surface area contributed by atoms with Crippen LogP contribution in [0.5, 0.6) is 0 Å². The summed E-state index contributed by atoms with van der Waals surface area (Å²) in [6.45, 7) is 3.09. The van der Waals surface area contributed by atoms with Crippen molar-refractivity contribution in [3.05, 3.63) is 76.5 Å². The van der Waals surface area contributed by atoms with Crippen LogP contribution in [-0.2, 0) is 12.1 Å². The van der Waals surface area contributed by atoms with E-state index in [0.29, 0.717) is 16.8 Å². The molecule has 33 heavy (non-hydrogen) atoms. The number of pyridine rings is 2. The molecule has 10 heteroatoms. The second-order valence-electron chi connectivity index (χ2n) is 7.79. The van der Waals surface area contributed by atoms with Crippen molar-refractivity contribution in [1.82, 2.24) is 19.9 Å². The van der Waals surface area contributed by atoms with Crippen LogP contribution in [0.15, 0.2) is 42.9 Å². The molecular formula is C23H17ClF2N6O. The first kappa shape index (κ1) is 22.5. The molecule has 0 aliphatic rings. The molecular weight excluding hydrogens is 450 g/mol. The molecule has 0 unspecified atom stereocenters. The topological polar surface area (TPSA) is 108 Å². The first-order valence-corrected chi connectivity index (χ1v) is 10.2. The van der Waals surface area contributed by atoms with Gasteiger partial charge in [0.15, 0.2) is 11.6 Å². The Morgan fingerprint density at radius 3 is 2.48 bits per heavy atom. The fraction of sp³-hybridized carbons (Fsp3) is 0.174. The Hall–Kier alpha value is -3.74. The first-order valence-electron chi connectivity index (χ1n) is 9.80. The van der Waals surface area contributed by atoms with E-state index in [2.05, 4.69) is 25.3 Å². The summed E-state index contributed by atoms with van der Waals surface area (Å²) in [6.07, 6.45) is 4.08. The molecule has 0 fully saturated rings. The summed E-state index contributed by atoms with van der Waals surface area (Å²) in [5.74, 6) is -0.948. The van der Waals surface area contributed by atoms with Crippen molar-refractivity contribution in [2.45, 2.75) is 26.0 Å². The molecule has 166 valence electrons. The molecule has 0 atom stereocenters. The van der Waals surface area contributed by atoms with E-state index in [9.17, 15) is 13.9 Å². The van der Waals surface area contributed by atoms with E-state index in [0.717, 1.165) is 0 Å². The zero-order chi connectivity index (χ0) is 23.8. The van der Waals surface area contributed by atoms with Crippen LogP contribution >= 0.6 is 11.6 Å². The van der Waals surface area contributed by atoms with Gasteiger partial charge in [-0.2, -0.15) is 5.26 Å². The maximum atomic E-state index is 14.8. The van der Waals surface area contributed by atoms with E-state index in [1.165, 1.54) is 56.7 Å². The predicted molar refractivity (Wildman–Crippen MR) is 119 cm³/mol. The smallest absolute Gasteiger partial charge is 0.159 e. The quantitative estimate of drug-likeness (QED) is 0.437. The molecule has 3 heterocycles. The van der Waals surface area contributed by atoms with E-state index in [1.807, 2.05) is 6.07 Å². The molecule has 4 rings (SSSR count). The zero-order valence-electron chi connectivity index (χ0n) is 17.6. The molecule has 4 aromatic rings. The van der Waals surface area contributed by atoms with Crippen LogP contribution < -0.4 is 5.32 Å². The fourth-order valence-electron chi connectivity index (χ4n) is 3.17. The van der Waals surface area contributed by atoms with Crippen molar-refractivity contribution in [3.63, 3.8) is 0 Å². The number of nitrogens with zero attached hydrogens (tertiary/aromatic N) is 5. The normalized spacial score (nSPS) is 11.4. The summed E-state index contributed by atoms with van der Waals surface area (Å²) < 4.78 is 29.0. The number of nitriles is 1. The summed E-state index contributed by atoms with van der Waals surface area (Å²) in [6, 6.07) is 7.20. The average Bonchev–Trinajstić information content (AvgIpc) is 2.79. The molecule has 3 aromatic heterocycles. The maximum Gasteiger partial charge on any atom is 0.159 e.